The summed E-state index contributed by atoms with van der Waals surface area (Å²) in [5.41, 5.74) is 4.24. The van der Waals surface area contributed by atoms with Crippen molar-refractivity contribution in [2.75, 3.05) is 11.5 Å². The lowest BCUT2D eigenvalue weighted by molar-refractivity contribution is 0.0597. The Kier molecular flexibility index (Phi) is 7.89. The van der Waals surface area contributed by atoms with Crippen LogP contribution in [0.2, 0.25) is 0 Å². The number of para-hydroxylation sites is 2. The predicted octanol–water partition coefficient (Wildman–Crippen LogP) is 7.38. The van der Waals surface area contributed by atoms with Crippen molar-refractivity contribution < 1.29 is 18.7 Å². The molecule has 2 aliphatic rings. The molecule has 1 amide bonds. The van der Waals surface area contributed by atoms with E-state index >= 15 is 0 Å². The number of carbonyl (C=O) groups excluding carboxylic acids is 1. The molecule has 7 rings (SSSR count). The molecule has 0 radical (unpaired) electrons. The summed E-state index contributed by atoms with van der Waals surface area (Å²) in [5.74, 6) is -1.03. The molecule has 46 heavy (non-hydrogen) atoms. The quantitative estimate of drug-likeness (QED) is 0.133. The van der Waals surface area contributed by atoms with E-state index in [2.05, 4.69) is 87.5 Å². The predicted molar refractivity (Wildman–Crippen MR) is 186 cm³/mol. The summed E-state index contributed by atoms with van der Waals surface area (Å²) in [4.78, 5) is 15.6. The number of epoxide rings is 1. The topological polar surface area (TPSA) is 51.3 Å². The first kappa shape index (κ1) is 30.2. The van der Waals surface area contributed by atoms with Crippen molar-refractivity contribution in [3.05, 3.63) is 156 Å². The Hall–Kier alpha value is -4.49. The molecular formula is C40H39NO4Si. The maximum Gasteiger partial charge on any atom is 0.419 e. The molecule has 1 aliphatic carbocycles. The summed E-state index contributed by atoms with van der Waals surface area (Å²) in [6, 6.07) is 46.6. The van der Waals surface area contributed by atoms with E-state index in [0.717, 1.165) is 23.4 Å². The van der Waals surface area contributed by atoms with Crippen LogP contribution in [0.4, 0.5) is 16.2 Å². The summed E-state index contributed by atoms with van der Waals surface area (Å²) >= 11 is 0. The summed E-state index contributed by atoms with van der Waals surface area (Å²) in [6.07, 6.45) is 1.04. The van der Waals surface area contributed by atoms with Gasteiger partial charge in [0.2, 0.25) is 14.8 Å². The number of hydrogen-bond acceptors (Lipinski definition) is 4. The number of rotatable bonds is 8. The zero-order chi connectivity index (χ0) is 31.8. The minimum Gasteiger partial charge on any atom is -0.446 e. The molecule has 2 unspecified atom stereocenters. The third-order valence-corrected chi connectivity index (χ3v) is 11.7. The molecule has 2 atom stereocenters. The van der Waals surface area contributed by atoms with E-state index in [4.69, 9.17) is 13.9 Å². The van der Waals surface area contributed by atoms with Gasteiger partial charge < -0.3 is 13.9 Å². The minimum absolute atomic E-state index is 0.0462. The standard InChI is InChI=1S/C40H39NO4Si/c1-38(2,3)35-25-16-26-36-34(35)27-28-39(29-43-37(42)41(30-17-8-4-9-18-30)31-19-10-5-11-20-31)40(36,44-39)45-46(32-21-12-6-13-22-32)33-23-14-7-15-24-33/h4-26,46H,27-29H2,1-3H3. The average Bonchev–Trinajstić information content (AvgIpc) is 3.77. The molecule has 1 saturated heterocycles. The van der Waals surface area contributed by atoms with Crippen molar-refractivity contribution in [3.63, 3.8) is 0 Å². The third-order valence-electron chi connectivity index (χ3n) is 9.14. The molecule has 5 aromatic carbocycles. The Morgan fingerprint density at radius 2 is 1.26 bits per heavy atom. The summed E-state index contributed by atoms with van der Waals surface area (Å²) in [5, 5.41) is 2.34. The van der Waals surface area contributed by atoms with Gasteiger partial charge in [0.25, 0.3) is 0 Å². The van der Waals surface area contributed by atoms with Crippen molar-refractivity contribution in [3.8, 4) is 0 Å². The van der Waals surface area contributed by atoms with E-state index in [1.807, 2.05) is 72.8 Å². The molecule has 0 bridgehead atoms. The van der Waals surface area contributed by atoms with Gasteiger partial charge in [-0.15, -0.1) is 0 Å². The normalized spacial score (nSPS) is 20.0. The Bertz CT molecular complexity index is 1730. The number of carbonyl (C=O) groups is 1. The number of fused-ring (bicyclic) bond motifs is 3. The second-order valence-electron chi connectivity index (χ2n) is 13.2. The van der Waals surface area contributed by atoms with Crippen molar-refractivity contribution in [1.82, 2.24) is 0 Å². The lowest BCUT2D eigenvalue weighted by Crippen LogP contribution is -2.50. The van der Waals surface area contributed by atoms with Crippen molar-refractivity contribution in [2.24, 2.45) is 0 Å². The Balaban J connectivity index is 1.27. The van der Waals surface area contributed by atoms with Gasteiger partial charge in [-0.1, -0.05) is 136 Å². The number of ether oxygens (including phenoxy) is 2. The number of hydrogen-bond donors (Lipinski definition) is 0. The van der Waals surface area contributed by atoms with Crippen LogP contribution in [0.15, 0.2) is 140 Å². The first-order valence-corrected chi connectivity index (χ1v) is 17.6. The van der Waals surface area contributed by atoms with Crippen LogP contribution in [-0.2, 0) is 31.5 Å². The highest BCUT2D eigenvalue weighted by atomic mass is 28.3. The summed E-state index contributed by atoms with van der Waals surface area (Å²) < 4.78 is 20.5. The minimum atomic E-state index is -2.25. The van der Waals surface area contributed by atoms with Crippen LogP contribution in [0.3, 0.4) is 0 Å². The van der Waals surface area contributed by atoms with E-state index in [9.17, 15) is 4.79 Å². The Labute approximate surface area is 273 Å². The zero-order valence-electron chi connectivity index (χ0n) is 26.6. The number of nitrogens with zero attached hydrogens (tertiary/aromatic N) is 1. The number of benzene rings is 5. The van der Waals surface area contributed by atoms with Crippen LogP contribution >= 0.6 is 0 Å². The van der Waals surface area contributed by atoms with E-state index in [0.29, 0.717) is 6.42 Å². The van der Waals surface area contributed by atoms with Gasteiger partial charge in [0.15, 0.2) is 5.60 Å². The van der Waals surface area contributed by atoms with E-state index in [1.54, 1.807) is 4.90 Å². The maximum absolute atomic E-state index is 14.0. The highest BCUT2D eigenvalue weighted by Crippen LogP contribution is 2.63. The molecule has 0 saturated carbocycles. The molecule has 6 heteroatoms. The van der Waals surface area contributed by atoms with Crippen molar-refractivity contribution >= 4 is 36.9 Å². The first-order valence-electron chi connectivity index (χ1n) is 16.0. The lowest BCUT2D eigenvalue weighted by Gasteiger charge is -2.34. The van der Waals surface area contributed by atoms with Gasteiger partial charge in [0.05, 0.1) is 11.4 Å². The van der Waals surface area contributed by atoms with Gasteiger partial charge >= 0.3 is 6.09 Å². The molecule has 232 valence electrons. The highest BCUT2D eigenvalue weighted by molar-refractivity contribution is 6.80. The largest absolute Gasteiger partial charge is 0.446 e. The molecule has 0 aromatic heterocycles. The fourth-order valence-electron chi connectivity index (χ4n) is 6.86. The average molecular weight is 626 g/mol. The van der Waals surface area contributed by atoms with Gasteiger partial charge in [-0.3, -0.25) is 0 Å². The SMILES string of the molecule is CC(C)(C)c1cccc2c1CCC1(COC(=O)N(c3ccccc3)c3ccccc3)OC21O[SiH](c1ccccc1)c1ccccc1. The van der Waals surface area contributed by atoms with E-state index in [-0.39, 0.29) is 12.0 Å². The van der Waals surface area contributed by atoms with Crippen LogP contribution in [-0.4, -0.2) is 27.3 Å². The van der Waals surface area contributed by atoms with Gasteiger partial charge in [0, 0.05) is 5.56 Å². The molecule has 1 fully saturated rings. The van der Waals surface area contributed by atoms with Gasteiger partial charge in [0.1, 0.15) is 6.61 Å². The fourth-order valence-corrected chi connectivity index (χ4v) is 9.38. The molecular weight excluding hydrogens is 587 g/mol. The molecule has 0 N–H and O–H groups in total. The summed E-state index contributed by atoms with van der Waals surface area (Å²) in [7, 11) is -2.25. The lowest BCUT2D eigenvalue weighted by atomic mass is 9.74. The molecule has 5 nitrogen and oxygen atoms in total. The van der Waals surface area contributed by atoms with Gasteiger partial charge in [-0.25, -0.2) is 9.69 Å². The van der Waals surface area contributed by atoms with E-state index in [1.165, 1.54) is 21.5 Å². The highest BCUT2D eigenvalue weighted by Gasteiger charge is 2.76. The van der Waals surface area contributed by atoms with Crippen molar-refractivity contribution in [2.45, 2.75) is 50.4 Å². The Morgan fingerprint density at radius 3 is 1.78 bits per heavy atom. The monoisotopic (exact) mass is 625 g/mol. The third kappa shape index (κ3) is 5.47. The van der Waals surface area contributed by atoms with Crippen LogP contribution in [0.25, 0.3) is 0 Å². The first-order chi connectivity index (χ1) is 22.3. The molecule has 1 aliphatic heterocycles. The molecule has 5 aromatic rings. The van der Waals surface area contributed by atoms with Gasteiger partial charge in [-0.2, -0.15) is 0 Å². The molecule has 1 heterocycles. The van der Waals surface area contributed by atoms with E-state index < -0.39 is 26.5 Å². The second-order valence-corrected chi connectivity index (χ2v) is 15.5. The smallest absolute Gasteiger partial charge is 0.419 e. The van der Waals surface area contributed by atoms with Gasteiger partial charge in [-0.05, 0) is 64.0 Å². The van der Waals surface area contributed by atoms with Crippen LogP contribution in [0.5, 0.6) is 0 Å². The van der Waals surface area contributed by atoms with Crippen molar-refractivity contribution in [1.29, 1.82) is 0 Å². The zero-order valence-corrected chi connectivity index (χ0v) is 27.7. The molecule has 0 spiro atoms. The Morgan fingerprint density at radius 1 is 0.739 bits per heavy atom. The number of anilines is 2. The second kappa shape index (κ2) is 12.0. The number of amides is 1. The van der Waals surface area contributed by atoms with Crippen LogP contribution < -0.4 is 15.3 Å². The summed E-state index contributed by atoms with van der Waals surface area (Å²) in [6.45, 7) is 6.83. The fraction of sp³-hybridized carbons (Fsp3) is 0.225. The maximum atomic E-state index is 14.0. The van der Waals surface area contributed by atoms with Crippen LogP contribution in [0.1, 0.15) is 43.9 Å². The van der Waals surface area contributed by atoms with Crippen LogP contribution in [0, 0.1) is 0 Å².